The van der Waals surface area contributed by atoms with Gasteiger partial charge in [-0.25, -0.2) is 4.79 Å². The predicted octanol–water partition coefficient (Wildman–Crippen LogP) is 2.13. The van der Waals surface area contributed by atoms with Crippen LogP contribution in [0.2, 0.25) is 0 Å². The van der Waals surface area contributed by atoms with E-state index in [9.17, 15) is 19.5 Å². The summed E-state index contributed by atoms with van der Waals surface area (Å²) in [7, 11) is 1.80. The summed E-state index contributed by atoms with van der Waals surface area (Å²) < 4.78 is 0. The van der Waals surface area contributed by atoms with Gasteiger partial charge in [-0.2, -0.15) is 0 Å². The van der Waals surface area contributed by atoms with Gasteiger partial charge in [0.25, 0.3) is 0 Å². The molecular weight excluding hydrogens is 358 g/mol. The lowest BCUT2D eigenvalue weighted by molar-refractivity contribution is -0.142. The molecule has 152 valence electrons. The van der Waals surface area contributed by atoms with Gasteiger partial charge in [-0.05, 0) is 24.3 Å². The molecule has 28 heavy (non-hydrogen) atoms. The highest BCUT2D eigenvalue weighted by atomic mass is 16.4. The lowest BCUT2D eigenvalue weighted by Crippen LogP contribution is -2.47. The Morgan fingerprint density at radius 2 is 1.71 bits per heavy atom. The second-order valence-electron chi connectivity index (χ2n) is 8.05. The standard InChI is InChI=1S/C21H29N3O4/c1-15-12-24(14-18(15)20(26)27)19(25)17-8-10-23(11-9-17)21(28)22(2)13-16-6-4-3-5-7-16/h3-7,15,17-18H,8-14H2,1-2H3,(H,26,27)/t15-,18-/m1/s1. The van der Waals surface area contributed by atoms with Crippen molar-refractivity contribution in [3.63, 3.8) is 0 Å². The average molecular weight is 387 g/mol. The number of likely N-dealkylation sites (tertiary alicyclic amines) is 2. The third-order valence-electron chi connectivity index (χ3n) is 5.95. The summed E-state index contributed by atoms with van der Waals surface area (Å²) >= 11 is 0. The number of carbonyl (C=O) groups excluding carboxylic acids is 2. The number of hydrogen-bond acceptors (Lipinski definition) is 3. The molecule has 1 N–H and O–H groups in total. The van der Waals surface area contributed by atoms with Crippen molar-refractivity contribution in [3.8, 4) is 0 Å². The average Bonchev–Trinajstić information content (AvgIpc) is 3.09. The normalized spacial score (nSPS) is 22.9. The molecular formula is C21H29N3O4. The minimum absolute atomic E-state index is 0.0181. The van der Waals surface area contributed by atoms with E-state index >= 15 is 0 Å². The summed E-state index contributed by atoms with van der Waals surface area (Å²) in [6.45, 7) is 4.36. The largest absolute Gasteiger partial charge is 0.481 e. The van der Waals surface area contributed by atoms with E-state index in [2.05, 4.69) is 0 Å². The first kappa shape index (κ1) is 20.2. The minimum Gasteiger partial charge on any atom is -0.481 e. The van der Waals surface area contributed by atoms with Gasteiger partial charge in [0, 0.05) is 45.7 Å². The van der Waals surface area contributed by atoms with Gasteiger partial charge < -0.3 is 19.8 Å². The Bertz CT molecular complexity index is 716. The van der Waals surface area contributed by atoms with Crippen molar-refractivity contribution in [3.05, 3.63) is 35.9 Å². The number of amides is 3. The van der Waals surface area contributed by atoms with Crippen LogP contribution in [0.25, 0.3) is 0 Å². The Balaban J connectivity index is 1.49. The van der Waals surface area contributed by atoms with Crippen molar-refractivity contribution in [1.82, 2.24) is 14.7 Å². The smallest absolute Gasteiger partial charge is 0.320 e. The Morgan fingerprint density at radius 3 is 2.29 bits per heavy atom. The van der Waals surface area contributed by atoms with Crippen molar-refractivity contribution in [2.24, 2.45) is 17.8 Å². The highest BCUT2D eigenvalue weighted by molar-refractivity contribution is 5.81. The van der Waals surface area contributed by atoms with Crippen LogP contribution < -0.4 is 0 Å². The van der Waals surface area contributed by atoms with Crippen molar-refractivity contribution in [2.45, 2.75) is 26.3 Å². The number of urea groups is 1. The van der Waals surface area contributed by atoms with Gasteiger partial charge in [-0.1, -0.05) is 37.3 Å². The van der Waals surface area contributed by atoms with Crippen LogP contribution in [0.3, 0.4) is 0 Å². The molecule has 2 aliphatic rings. The zero-order chi connectivity index (χ0) is 20.3. The number of rotatable bonds is 4. The molecule has 2 saturated heterocycles. The molecule has 0 unspecified atom stereocenters. The lowest BCUT2D eigenvalue weighted by Gasteiger charge is -2.35. The van der Waals surface area contributed by atoms with Crippen LogP contribution in [0.5, 0.6) is 0 Å². The maximum atomic E-state index is 12.8. The van der Waals surface area contributed by atoms with Crippen molar-refractivity contribution in [2.75, 3.05) is 33.2 Å². The topological polar surface area (TPSA) is 81.2 Å². The molecule has 2 aliphatic heterocycles. The first-order chi connectivity index (χ1) is 13.4. The van der Waals surface area contributed by atoms with Gasteiger partial charge in [-0.15, -0.1) is 0 Å². The summed E-state index contributed by atoms with van der Waals surface area (Å²) in [4.78, 5) is 42.0. The molecule has 3 amide bonds. The van der Waals surface area contributed by atoms with E-state index in [1.807, 2.05) is 37.3 Å². The minimum atomic E-state index is -0.829. The summed E-state index contributed by atoms with van der Waals surface area (Å²) in [5.41, 5.74) is 1.08. The number of nitrogens with zero attached hydrogens (tertiary/aromatic N) is 3. The Labute approximate surface area is 165 Å². The summed E-state index contributed by atoms with van der Waals surface area (Å²) in [5, 5.41) is 9.26. The van der Waals surface area contributed by atoms with E-state index in [4.69, 9.17) is 0 Å². The monoisotopic (exact) mass is 387 g/mol. The molecule has 7 nitrogen and oxygen atoms in total. The maximum Gasteiger partial charge on any atom is 0.320 e. The fourth-order valence-corrected chi connectivity index (χ4v) is 4.21. The quantitative estimate of drug-likeness (QED) is 0.858. The fraction of sp³-hybridized carbons (Fsp3) is 0.571. The summed E-state index contributed by atoms with van der Waals surface area (Å²) in [6, 6.07) is 9.84. The zero-order valence-electron chi connectivity index (χ0n) is 16.6. The third-order valence-corrected chi connectivity index (χ3v) is 5.95. The molecule has 0 spiro atoms. The molecule has 0 aromatic heterocycles. The third kappa shape index (κ3) is 4.46. The van der Waals surface area contributed by atoms with Gasteiger partial charge in [-0.3, -0.25) is 9.59 Å². The Morgan fingerprint density at radius 1 is 1.07 bits per heavy atom. The molecule has 0 aliphatic carbocycles. The van der Waals surface area contributed by atoms with E-state index < -0.39 is 11.9 Å². The first-order valence-corrected chi connectivity index (χ1v) is 9.92. The molecule has 2 fully saturated rings. The van der Waals surface area contributed by atoms with Crippen LogP contribution in [-0.2, 0) is 16.1 Å². The molecule has 7 heteroatoms. The van der Waals surface area contributed by atoms with Crippen LogP contribution in [0.4, 0.5) is 4.79 Å². The van der Waals surface area contributed by atoms with E-state index in [0.717, 1.165) is 5.56 Å². The molecule has 3 rings (SSSR count). The van der Waals surface area contributed by atoms with E-state index in [1.165, 1.54) is 0 Å². The van der Waals surface area contributed by atoms with E-state index in [1.54, 1.807) is 21.7 Å². The van der Waals surface area contributed by atoms with Crippen molar-refractivity contribution in [1.29, 1.82) is 0 Å². The number of carbonyl (C=O) groups is 3. The van der Waals surface area contributed by atoms with Crippen molar-refractivity contribution >= 4 is 17.9 Å². The van der Waals surface area contributed by atoms with Crippen LogP contribution in [0, 0.1) is 17.8 Å². The SMILES string of the molecule is C[C@@H]1CN(C(=O)C2CCN(C(=O)N(C)Cc3ccccc3)CC2)C[C@H]1C(=O)O. The molecule has 0 radical (unpaired) electrons. The van der Waals surface area contributed by atoms with Crippen molar-refractivity contribution < 1.29 is 19.5 Å². The van der Waals surface area contributed by atoms with Crippen LogP contribution in [-0.4, -0.2) is 70.9 Å². The molecule has 1 aromatic carbocycles. The fourth-order valence-electron chi connectivity index (χ4n) is 4.21. The second-order valence-corrected chi connectivity index (χ2v) is 8.05. The van der Waals surface area contributed by atoms with Gasteiger partial charge in [0.05, 0.1) is 5.92 Å². The number of piperidine rings is 1. The summed E-state index contributed by atoms with van der Waals surface area (Å²) in [5.74, 6) is -1.40. The van der Waals surface area contributed by atoms with Crippen LogP contribution in [0.15, 0.2) is 30.3 Å². The number of benzene rings is 1. The number of carboxylic acids is 1. The maximum absolute atomic E-state index is 12.8. The predicted molar refractivity (Wildman–Crippen MR) is 104 cm³/mol. The molecule has 2 heterocycles. The van der Waals surface area contributed by atoms with E-state index in [-0.39, 0.29) is 23.8 Å². The number of carboxylic acid groups (broad SMARTS) is 1. The van der Waals surface area contributed by atoms with Crippen LogP contribution in [0.1, 0.15) is 25.3 Å². The number of aliphatic carboxylic acids is 1. The summed E-state index contributed by atoms with van der Waals surface area (Å²) in [6.07, 6.45) is 1.26. The lowest BCUT2D eigenvalue weighted by atomic mass is 9.95. The second kappa shape index (κ2) is 8.63. The molecule has 0 saturated carbocycles. The van der Waals surface area contributed by atoms with E-state index in [0.29, 0.717) is 45.6 Å². The highest BCUT2D eigenvalue weighted by Gasteiger charge is 2.39. The molecule has 0 bridgehead atoms. The molecule has 1 aromatic rings. The first-order valence-electron chi connectivity index (χ1n) is 9.92. The van der Waals surface area contributed by atoms with Crippen LogP contribution >= 0.6 is 0 Å². The Kier molecular flexibility index (Phi) is 6.21. The zero-order valence-corrected chi connectivity index (χ0v) is 16.6. The van der Waals surface area contributed by atoms with Gasteiger partial charge in [0.2, 0.25) is 5.91 Å². The van der Waals surface area contributed by atoms with Gasteiger partial charge in [0.1, 0.15) is 0 Å². The van der Waals surface area contributed by atoms with Gasteiger partial charge >= 0.3 is 12.0 Å². The molecule has 2 atom stereocenters. The van der Waals surface area contributed by atoms with Gasteiger partial charge in [0.15, 0.2) is 0 Å². The highest BCUT2D eigenvalue weighted by Crippen LogP contribution is 2.28. The number of hydrogen-bond donors (Lipinski definition) is 1. The Hall–Kier alpha value is -2.57.